The lowest BCUT2D eigenvalue weighted by molar-refractivity contribution is 0.453. The minimum absolute atomic E-state index is 0.219. The van der Waals surface area contributed by atoms with Gasteiger partial charge in [0.2, 0.25) is 0 Å². The average molecular weight is 401 g/mol. The molecule has 0 unspecified atom stereocenters. The van der Waals surface area contributed by atoms with Crippen molar-refractivity contribution in [3.8, 4) is 17.2 Å². The summed E-state index contributed by atoms with van der Waals surface area (Å²) >= 11 is 6.87. The Balaban J connectivity index is 2.38. The molecule has 0 aliphatic rings. The Morgan fingerprint density at radius 3 is 2.25 bits per heavy atom. The number of nitrogens with two attached hydrogens (primary N) is 1. The first-order valence-corrected chi connectivity index (χ1v) is 7.72. The number of aromatic hydroxyl groups is 1. The zero-order chi connectivity index (χ0) is 14.9. The maximum Gasteiger partial charge on any atom is 0.155 e. The number of halogens is 2. The Labute approximate surface area is 135 Å². The van der Waals surface area contributed by atoms with Gasteiger partial charge in [-0.1, -0.05) is 13.8 Å². The molecule has 0 fully saturated rings. The van der Waals surface area contributed by atoms with Crippen LogP contribution in [0.5, 0.6) is 17.2 Å². The third-order valence-electron chi connectivity index (χ3n) is 2.86. The molecule has 0 heterocycles. The summed E-state index contributed by atoms with van der Waals surface area (Å²) in [7, 11) is 0. The first-order chi connectivity index (χ1) is 9.38. The fourth-order valence-corrected chi connectivity index (χ4v) is 3.24. The van der Waals surface area contributed by atoms with Crippen molar-refractivity contribution in [2.75, 3.05) is 5.73 Å². The van der Waals surface area contributed by atoms with Gasteiger partial charge in [0.15, 0.2) is 5.75 Å². The van der Waals surface area contributed by atoms with Crippen molar-refractivity contribution in [3.63, 3.8) is 0 Å². The lowest BCUT2D eigenvalue weighted by Gasteiger charge is -2.14. The van der Waals surface area contributed by atoms with Crippen molar-refractivity contribution in [1.29, 1.82) is 0 Å². The molecule has 2 aromatic carbocycles. The minimum atomic E-state index is 0.219. The fraction of sp³-hybridized carbons (Fsp3) is 0.200. The van der Waals surface area contributed by atoms with E-state index in [2.05, 4.69) is 31.9 Å². The van der Waals surface area contributed by atoms with Crippen molar-refractivity contribution in [3.05, 3.63) is 44.8 Å². The molecule has 0 aromatic heterocycles. The van der Waals surface area contributed by atoms with Crippen LogP contribution in [0.2, 0.25) is 0 Å². The van der Waals surface area contributed by atoms with E-state index in [0.717, 1.165) is 14.5 Å². The van der Waals surface area contributed by atoms with E-state index in [4.69, 9.17) is 10.5 Å². The fourth-order valence-electron chi connectivity index (χ4n) is 1.85. The monoisotopic (exact) mass is 399 g/mol. The number of anilines is 1. The van der Waals surface area contributed by atoms with Crippen LogP contribution in [-0.4, -0.2) is 5.11 Å². The molecule has 3 N–H and O–H groups in total. The zero-order valence-electron chi connectivity index (χ0n) is 11.2. The van der Waals surface area contributed by atoms with Crippen LogP contribution >= 0.6 is 31.9 Å². The number of nitrogen functional groups attached to an aromatic ring is 1. The highest BCUT2D eigenvalue weighted by Gasteiger charge is 2.12. The third-order valence-corrected chi connectivity index (χ3v) is 4.04. The molecule has 106 valence electrons. The van der Waals surface area contributed by atoms with Crippen molar-refractivity contribution in [2.45, 2.75) is 19.8 Å². The standard InChI is InChI=1S/C15H15Br2NO2/c1-8(2)11-7-10(3-4-14(11)19)20-15-12(16)5-9(18)6-13(15)17/h3-8,19H,18H2,1-2H3. The summed E-state index contributed by atoms with van der Waals surface area (Å²) < 4.78 is 7.41. The van der Waals surface area contributed by atoms with Gasteiger partial charge < -0.3 is 15.6 Å². The van der Waals surface area contributed by atoms with Crippen LogP contribution in [0, 0.1) is 0 Å². The predicted octanol–water partition coefficient (Wildman–Crippen LogP) is 5.42. The summed E-state index contributed by atoms with van der Waals surface area (Å²) in [6.45, 7) is 4.04. The van der Waals surface area contributed by atoms with Crippen LogP contribution in [0.25, 0.3) is 0 Å². The Morgan fingerprint density at radius 1 is 1.10 bits per heavy atom. The quantitative estimate of drug-likeness (QED) is 0.676. The van der Waals surface area contributed by atoms with Crippen LogP contribution in [0.3, 0.4) is 0 Å². The maximum atomic E-state index is 9.83. The van der Waals surface area contributed by atoms with Gasteiger partial charge in [-0.3, -0.25) is 0 Å². The van der Waals surface area contributed by atoms with E-state index in [1.807, 2.05) is 19.9 Å². The smallest absolute Gasteiger partial charge is 0.155 e. The van der Waals surface area contributed by atoms with Crippen molar-refractivity contribution in [1.82, 2.24) is 0 Å². The van der Waals surface area contributed by atoms with E-state index in [9.17, 15) is 5.11 Å². The van der Waals surface area contributed by atoms with Crippen LogP contribution in [0.4, 0.5) is 5.69 Å². The van der Waals surface area contributed by atoms with Gasteiger partial charge in [0, 0.05) is 11.3 Å². The molecule has 0 saturated heterocycles. The average Bonchev–Trinajstić information content (AvgIpc) is 2.35. The Morgan fingerprint density at radius 2 is 1.70 bits per heavy atom. The van der Waals surface area contributed by atoms with E-state index in [-0.39, 0.29) is 11.7 Å². The van der Waals surface area contributed by atoms with E-state index in [1.165, 1.54) is 0 Å². The van der Waals surface area contributed by atoms with Crippen molar-refractivity contribution < 1.29 is 9.84 Å². The highest BCUT2D eigenvalue weighted by molar-refractivity contribution is 9.11. The van der Waals surface area contributed by atoms with Gasteiger partial charge in [-0.05, 0) is 68.1 Å². The molecule has 0 saturated carbocycles. The molecular formula is C15H15Br2NO2. The molecule has 0 amide bonds. The summed E-state index contributed by atoms with van der Waals surface area (Å²) in [5, 5.41) is 9.83. The van der Waals surface area contributed by atoms with Crippen LogP contribution in [-0.2, 0) is 0 Å². The molecule has 0 spiro atoms. The molecule has 0 atom stereocenters. The molecule has 0 radical (unpaired) electrons. The Kier molecular flexibility index (Phi) is 4.60. The SMILES string of the molecule is CC(C)c1cc(Oc2c(Br)cc(N)cc2Br)ccc1O. The first kappa shape index (κ1) is 15.2. The number of ether oxygens (including phenoxy) is 1. The molecule has 20 heavy (non-hydrogen) atoms. The first-order valence-electron chi connectivity index (χ1n) is 6.13. The highest BCUT2D eigenvalue weighted by atomic mass is 79.9. The van der Waals surface area contributed by atoms with E-state index >= 15 is 0 Å². The summed E-state index contributed by atoms with van der Waals surface area (Å²) in [6, 6.07) is 8.78. The summed E-state index contributed by atoms with van der Waals surface area (Å²) in [5.41, 5.74) is 7.25. The highest BCUT2D eigenvalue weighted by Crippen LogP contribution is 2.39. The second-order valence-corrected chi connectivity index (χ2v) is 6.50. The Hall–Kier alpha value is -1.20. The number of hydrogen-bond acceptors (Lipinski definition) is 3. The van der Waals surface area contributed by atoms with E-state index in [0.29, 0.717) is 17.2 Å². The number of benzene rings is 2. The molecule has 0 aliphatic heterocycles. The number of rotatable bonds is 3. The number of hydrogen-bond donors (Lipinski definition) is 2. The van der Waals surface area contributed by atoms with Gasteiger partial charge in [0.1, 0.15) is 11.5 Å². The molecule has 0 aliphatic carbocycles. The Bertz CT molecular complexity index is 619. The third kappa shape index (κ3) is 3.27. The summed E-state index contributed by atoms with van der Waals surface area (Å²) in [5.74, 6) is 1.82. The molecule has 2 rings (SSSR count). The lowest BCUT2D eigenvalue weighted by Crippen LogP contribution is -1.93. The summed E-state index contributed by atoms with van der Waals surface area (Å²) in [6.07, 6.45) is 0. The second-order valence-electron chi connectivity index (χ2n) is 4.79. The normalized spacial score (nSPS) is 10.8. The zero-order valence-corrected chi connectivity index (χ0v) is 14.3. The molecule has 0 bridgehead atoms. The topological polar surface area (TPSA) is 55.5 Å². The minimum Gasteiger partial charge on any atom is -0.508 e. The largest absolute Gasteiger partial charge is 0.508 e. The van der Waals surface area contributed by atoms with Gasteiger partial charge in [-0.15, -0.1) is 0 Å². The van der Waals surface area contributed by atoms with E-state index < -0.39 is 0 Å². The molecule has 3 nitrogen and oxygen atoms in total. The van der Waals surface area contributed by atoms with Crippen LogP contribution < -0.4 is 10.5 Å². The van der Waals surface area contributed by atoms with Crippen LogP contribution in [0.15, 0.2) is 39.3 Å². The molecule has 5 heteroatoms. The molecule has 2 aromatic rings. The number of phenolic OH excluding ortho intramolecular Hbond substituents is 1. The second kappa shape index (κ2) is 6.06. The lowest BCUT2D eigenvalue weighted by atomic mass is 10.0. The van der Waals surface area contributed by atoms with Crippen molar-refractivity contribution in [2.24, 2.45) is 0 Å². The predicted molar refractivity (Wildman–Crippen MR) is 88.5 cm³/mol. The number of phenols is 1. The van der Waals surface area contributed by atoms with Gasteiger partial charge >= 0.3 is 0 Å². The van der Waals surface area contributed by atoms with Crippen molar-refractivity contribution >= 4 is 37.5 Å². The molecular weight excluding hydrogens is 386 g/mol. The summed E-state index contributed by atoms with van der Waals surface area (Å²) in [4.78, 5) is 0. The van der Waals surface area contributed by atoms with Crippen LogP contribution in [0.1, 0.15) is 25.3 Å². The van der Waals surface area contributed by atoms with Gasteiger partial charge in [-0.2, -0.15) is 0 Å². The van der Waals surface area contributed by atoms with E-state index in [1.54, 1.807) is 24.3 Å². The maximum absolute atomic E-state index is 9.83. The van der Waals surface area contributed by atoms with Gasteiger partial charge in [-0.25, -0.2) is 0 Å². The van der Waals surface area contributed by atoms with Gasteiger partial charge in [0.05, 0.1) is 8.95 Å². The van der Waals surface area contributed by atoms with Gasteiger partial charge in [0.25, 0.3) is 0 Å².